The van der Waals surface area contributed by atoms with E-state index < -0.39 is 5.97 Å². The van der Waals surface area contributed by atoms with Gasteiger partial charge in [0.15, 0.2) is 5.75 Å². The standard InChI is InChI=1S/C30H32N6O4/c1-19-24-8-9-26-28(19)33-34-36(26)11-4-2-3-5-13-40-23-16-31-29(32-17-23)30(39)35-12-10-20-6-7-21(14-22(20)18-35)25(24)15-27(37)38/h6-9,14,16-17,25H,2-5,10-13,15,18H2,1H3,(H,37,38). The van der Waals surface area contributed by atoms with E-state index >= 15 is 0 Å². The zero-order chi connectivity index (χ0) is 27.6. The molecule has 4 aromatic rings. The van der Waals surface area contributed by atoms with E-state index in [1.165, 1.54) is 0 Å². The molecule has 40 heavy (non-hydrogen) atoms. The number of nitrogens with zero attached hydrogens (tertiary/aromatic N) is 6. The van der Waals surface area contributed by atoms with Crippen molar-refractivity contribution in [3.05, 3.63) is 76.4 Å². The lowest BCUT2D eigenvalue weighted by atomic mass is 9.83. The Morgan fingerprint density at radius 2 is 1.88 bits per heavy atom. The quantitative estimate of drug-likeness (QED) is 0.400. The van der Waals surface area contributed by atoms with Crippen LogP contribution in [0.15, 0.2) is 42.7 Å². The number of carbonyl (C=O) groups excluding carboxylic acids is 1. The molecule has 0 fully saturated rings. The van der Waals surface area contributed by atoms with Crippen molar-refractivity contribution in [2.75, 3.05) is 13.2 Å². The maximum Gasteiger partial charge on any atom is 0.304 e. The number of aliphatic carboxylic acids is 1. The van der Waals surface area contributed by atoms with E-state index in [-0.39, 0.29) is 24.1 Å². The number of carboxylic acid groups (broad SMARTS) is 1. The normalized spacial score (nSPS) is 18.0. The number of benzene rings is 2. The molecule has 206 valence electrons. The molecule has 7 heterocycles. The summed E-state index contributed by atoms with van der Waals surface area (Å²) < 4.78 is 7.73. The fourth-order valence-electron chi connectivity index (χ4n) is 5.82. The van der Waals surface area contributed by atoms with Crippen molar-refractivity contribution < 1.29 is 19.4 Å². The molecule has 2 aromatic carbocycles. The monoisotopic (exact) mass is 540 g/mol. The van der Waals surface area contributed by atoms with Gasteiger partial charge in [0, 0.05) is 25.6 Å². The Morgan fingerprint density at radius 3 is 2.70 bits per heavy atom. The minimum absolute atomic E-state index is 0.0514. The SMILES string of the molecule is Cc1c2ccc3c1nnn3CCCCCCOc1cnc(nc1)C(=O)N1CCc3ccc(cc3C1)C2CC(=O)O. The zero-order valence-corrected chi connectivity index (χ0v) is 22.5. The smallest absolute Gasteiger partial charge is 0.304 e. The number of hydrogen-bond acceptors (Lipinski definition) is 7. The topological polar surface area (TPSA) is 123 Å². The van der Waals surface area contributed by atoms with Crippen LogP contribution in [-0.4, -0.2) is 60.0 Å². The van der Waals surface area contributed by atoms with Crippen LogP contribution in [0.1, 0.15) is 76.5 Å². The van der Waals surface area contributed by atoms with Crippen molar-refractivity contribution in [3.63, 3.8) is 0 Å². The lowest BCUT2D eigenvalue weighted by molar-refractivity contribution is -0.137. The second kappa shape index (κ2) is 11.0. The average Bonchev–Trinajstić information content (AvgIpc) is 3.38. The zero-order valence-electron chi connectivity index (χ0n) is 22.5. The molecule has 0 radical (unpaired) electrons. The fourth-order valence-corrected chi connectivity index (χ4v) is 5.82. The van der Waals surface area contributed by atoms with E-state index in [0.717, 1.165) is 71.1 Å². The van der Waals surface area contributed by atoms with Gasteiger partial charge in [0.25, 0.3) is 5.91 Å². The van der Waals surface area contributed by atoms with Crippen LogP contribution < -0.4 is 4.74 Å². The highest BCUT2D eigenvalue weighted by Gasteiger charge is 2.27. The number of amides is 1. The van der Waals surface area contributed by atoms with Crippen molar-refractivity contribution in [1.29, 1.82) is 0 Å². The Balaban J connectivity index is 1.39. The second-order valence-corrected chi connectivity index (χ2v) is 10.6. The van der Waals surface area contributed by atoms with Crippen LogP contribution in [0.3, 0.4) is 0 Å². The lowest BCUT2D eigenvalue weighted by Crippen LogP contribution is -2.37. The van der Waals surface area contributed by atoms with Gasteiger partial charge in [0.05, 0.1) is 30.9 Å². The number of hydrogen-bond donors (Lipinski definition) is 1. The molecule has 10 nitrogen and oxygen atoms in total. The molecule has 9 rings (SSSR count). The molecule has 10 heteroatoms. The number of aromatic nitrogens is 5. The summed E-state index contributed by atoms with van der Waals surface area (Å²) in [7, 11) is 0. The first-order valence-corrected chi connectivity index (χ1v) is 13.9. The van der Waals surface area contributed by atoms with E-state index in [9.17, 15) is 14.7 Å². The van der Waals surface area contributed by atoms with E-state index in [2.05, 4.69) is 32.4 Å². The van der Waals surface area contributed by atoms with Gasteiger partial charge in [-0.1, -0.05) is 35.9 Å². The molecule has 0 saturated carbocycles. The largest absolute Gasteiger partial charge is 0.490 e. The van der Waals surface area contributed by atoms with E-state index in [1.807, 2.05) is 29.8 Å². The van der Waals surface area contributed by atoms with Gasteiger partial charge in [-0.2, -0.15) is 0 Å². The Bertz CT molecular complexity index is 1560. The highest BCUT2D eigenvalue weighted by molar-refractivity contribution is 5.90. The van der Waals surface area contributed by atoms with Crippen LogP contribution in [0.4, 0.5) is 0 Å². The Kier molecular flexibility index (Phi) is 7.15. The first-order chi connectivity index (χ1) is 19.5. The predicted molar refractivity (Wildman–Crippen MR) is 147 cm³/mol. The Hall–Kier alpha value is -4.34. The van der Waals surface area contributed by atoms with E-state index in [1.54, 1.807) is 17.3 Å². The third-order valence-electron chi connectivity index (χ3n) is 8.02. The summed E-state index contributed by atoms with van der Waals surface area (Å²) in [5.74, 6) is -0.764. The van der Waals surface area contributed by atoms with Crippen LogP contribution in [0.2, 0.25) is 0 Å². The van der Waals surface area contributed by atoms with Crippen LogP contribution >= 0.6 is 0 Å². The molecular weight excluding hydrogens is 508 g/mol. The first kappa shape index (κ1) is 25.9. The minimum atomic E-state index is -0.871. The maximum atomic E-state index is 13.3. The van der Waals surface area contributed by atoms with Crippen LogP contribution in [-0.2, 0) is 24.3 Å². The average molecular weight is 541 g/mol. The molecule has 1 atom stereocenters. The number of aryl methyl sites for hydroxylation is 2. The molecule has 9 bridgehead atoms. The molecular formula is C30H32N6O4. The summed E-state index contributed by atoms with van der Waals surface area (Å²) in [4.78, 5) is 35.6. The van der Waals surface area contributed by atoms with Gasteiger partial charge in [-0.3, -0.25) is 9.59 Å². The van der Waals surface area contributed by atoms with Crippen LogP contribution in [0.5, 0.6) is 5.75 Å². The number of carbonyl (C=O) groups is 2. The number of carboxylic acids is 1. The van der Waals surface area contributed by atoms with E-state index in [4.69, 9.17) is 4.74 Å². The molecule has 1 N–H and O–H groups in total. The van der Waals surface area contributed by atoms with E-state index in [0.29, 0.717) is 31.9 Å². The van der Waals surface area contributed by atoms with Crippen molar-refractivity contribution in [2.24, 2.45) is 0 Å². The highest BCUT2D eigenvalue weighted by atomic mass is 16.5. The maximum absolute atomic E-state index is 13.3. The lowest BCUT2D eigenvalue weighted by Gasteiger charge is -2.29. The molecule has 1 amide bonds. The van der Waals surface area contributed by atoms with Gasteiger partial charge in [0.2, 0.25) is 5.82 Å². The summed E-state index contributed by atoms with van der Waals surface area (Å²) >= 11 is 0. The van der Waals surface area contributed by atoms with Crippen LogP contribution in [0, 0.1) is 6.92 Å². The highest BCUT2D eigenvalue weighted by Crippen LogP contribution is 2.35. The van der Waals surface area contributed by atoms with Gasteiger partial charge in [-0.25, -0.2) is 14.6 Å². The van der Waals surface area contributed by atoms with Crippen molar-refractivity contribution in [2.45, 2.75) is 64.5 Å². The van der Waals surface area contributed by atoms with Gasteiger partial charge in [-0.05, 0) is 66.5 Å². The fraction of sp³-hybridized carbons (Fsp3) is 0.400. The molecule has 2 aromatic heterocycles. The summed E-state index contributed by atoms with van der Waals surface area (Å²) in [6.07, 6.45) is 7.69. The van der Waals surface area contributed by atoms with Crippen molar-refractivity contribution in [3.8, 4) is 5.75 Å². The predicted octanol–water partition coefficient (Wildman–Crippen LogP) is 4.29. The third kappa shape index (κ3) is 5.13. The summed E-state index contributed by atoms with van der Waals surface area (Å²) in [5, 5.41) is 18.8. The number of ether oxygens (including phenoxy) is 1. The van der Waals surface area contributed by atoms with Gasteiger partial charge < -0.3 is 14.7 Å². The molecule has 0 spiro atoms. The summed E-state index contributed by atoms with van der Waals surface area (Å²) in [6.45, 7) is 4.30. The molecule has 5 aliphatic rings. The van der Waals surface area contributed by atoms with Crippen LogP contribution in [0.25, 0.3) is 11.0 Å². The van der Waals surface area contributed by atoms with Crippen molar-refractivity contribution >= 4 is 22.9 Å². The first-order valence-electron chi connectivity index (χ1n) is 13.9. The Labute approximate surface area is 232 Å². The summed E-state index contributed by atoms with van der Waals surface area (Å²) in [6, 6.07) is 10.2. The third-order valence-corrected chi connectivity index (χ3v) is 8.02. The molecule has 5 aliphatic heterocycles. The minimum Gasteiger partial charge on any atom is -0.490 e. The molecule has 1 unspecified atom stereocenters. The van der Waals surface area contributed by atoms with Gasteiger partial charge in [-0.15, -0.1) is 5.10 Å². The molecule has 0 saturated heterocycles. The van der Waals surface area contributed by atoms with Gasteiger partial charge in [0.1, 0.15) is 5.52 Å². The Morgan fingerprint density at radius 1 is 1.05 bits per heavy atom. The second-order valence-electron chi connectivity index (χ2n) is 10.6. The van der Waals surface area contributed by atoms with Crippen molar-refractivity contribution in [1.82, 2.24) is 29.9 Å². The summed E-state index contributed by atoms with van der Waals surface area (Å²) in [5.41, 5.74) is 6.71. The molecule has 0 aliphatic carbocycles. The van der Waals surface area contributed by atoms with Gasteiger partial charge >= 0.3 is 5.97 Å². The number of rotatable bonds is 2.